The van der Waals surface area contributed by atoms with Crippen LogP contribution in [0.5, 0.6) is 0 Å². The number of amides is 1. The Morgan fingerprint density at radius 2 is 1.95 bits per heavy atom. The second-order valence-electron chi connectivity index (χ2n) is 4.15. The molecule has 0 saturated carbocycles. The molecule has 5 heteroatoms. The van der Waals surface area contributed by atoms with Crippen molar-refractivity contribution in [2.24, 2.45) is 0 Å². The molecule has 0 radical (unpaired) electrons. The SMILES string of the molecule is CCCN(CC(=O)O)C(=O)c1ccc(CC#N)cc1. The number of carboxylic acids is 1. The largest absolute Gasteiger partial charge is 0.480 e. The Morgan fingerprint density at radius 1 is 1.32 bits per heavy atom. The fraction of sp³-hybridized carbons (Fsp3) is 0.357. The van der Waals surface area contributed by atoms with Gasteiger partial charge in [-0.05, 0) is 24.1 Å². The van der Waals surface area contributed by atoms with E-state index in [4.69, 9.17) is 10.4 Å². The molecule has 100 valence electrons. The molecule has 1 aromatic carbocycles. The zero-order chi connectivity index (χ0) is 14.3. The number of nitrogens with zero attached hydrogens (tertiary/aromatic N) is 2. The molecule has 0 atom stereocenters. The van der Waals surface area contributed by atoms with Gasteiger partial charge in [-0.1, -0.05) is 19.1 Å². The molecule has 0 saturated heterocycles. The van der Waals surface area contributed by atoms with Gasteiger partial charge < -0.3 is 10.0 Å². The third kappa shape index (κ3) is 4.43. The van der Waals surface area contributed by atoms with E-state index in [-0.39, 0.29) is 12.5 Å². The lowest BCUT2D eigenvalue weighted by atomic mass is 10.1. The van der Waals surface area contributed by atoms with Crippen LogP contribution in [0, 0.1) is 11.3 Å². The average Bonchev–Trinajstić information content (AvgIpc) is 2.38. The Morgan fingerprint density at radius 3 is 2.42 bits per heavy atom. The van der Waals surface area contributed by atoms with Crippen molar-refractivity contribution in [1.82, 2.24) is 4.90 Å². The first-order valence-corrected chi connectivity index (χ1v) is 6.05. The Bertz CT molecular complexity index is 488. The van der Waals surface area contributed by atoms with E-state index in [0.717, 1.165) is 5.56 Å². The molecule has 1 N–H and O–H groups in total. The van der Waals surface area contributed by atoms with Crippen molar-refractivity contribution >= 4 is 11.9 Å². The van der Waals surface area contributed by atoms with Gasteiger partial charge >= 0.3 is 5.97 Å². The third-order valence-electron chi connectivity index (χ3n) is 2.59. The predicted molar refractivity (Wildman–Crippen MR) is 69.6 cm³/mol. The van der Waals surface area contributed by atoms with Crippen molar-refractivity contribution in [2.45, 2.75) is 19.8 Å². The molecule has 0 spiro atoms. The number of rotatable bonds is 6. The molecule has 0 heterocycles. The van der Waals surface area contributed by atoms with Gasteiger partial charge in [-0.2, -0.15) is 5.26 Å². The van der Waals surface area contributed by atoms with E-state index in [1.165, 1.54) is 4.90 Å². The number of aliphatic carboxylic acids is 1. The van der Waals surface area contributed by atoms with Crippen molar-refractivity contribution in [3.05, 3.63) is 35.4 Å². The molecular formula is C14H16N2O3. The quantitative estimate of drug-likeness (QED) is 0.843. The highest BCUT2D eigenvalue weighted by Crippen LogP contribution is 2.09. The Labute approximate surface area is 112 Å². The zero-order valence-electron chi connectivity index (χ0n) is 10.8. The maximum absolute atomic E-state index is 12.1. The minimum absolute atomic E-state index is 0.294. The lowest BCUT2D eigenvalue weighted by Gasteiger charge is -2.20. The third-order valence-corrected chi connectivity index (χ3v) is 2.59. The lowest BCUT2D eigenvalue weighted by Crippen LogP contribution is -2.36. The summed E-state index contributed by atoms with van der Waals surface area (Å²) in [4.78, 5) is 24.2. The smallest absolute Gasteiger partial charge is 0.323 e. The molecule has 0 aliphatic heterocycles. The minimum Gasteiger partial charge on any atom is -0.480 e. The molecule has 0 aliphatic carbocycles. The number of carbonyl (C=O) groups is 2. The van der Waals surface area contributed by atoms with Crippen molar-refractivity contribution in [3.63, 3.8) is 0 Å². The molecule has 19 heavy (non-hydrogen) atoms. The molecule has 0 aliphatic rings. The van der Waals surface area contributed by atoms with Crippen LogP contribution in [0.3, 0.4) is 0 Å². The molecule has 0 bridgehead atoms. The highest BCUT2D eigenvalue weighted by molar-refractivity contribution is 5.95. The molecule has 5 nitrogen and oxygen atoms in total. The van der Waals surface area contributed by atoms with Crippen LogP contribution in [-0.4, -0.2) is 35.0 Å². The lowest BCUT2D eigenvalue weighted by molar-refractivity contribution is -0.137. The van der Waals surface area contributed by atoms with Gasteiger partial charge in [-0.15, -0.1) is 0 Å². The number of hydrogen-bond acceptors (Lipinski definition) is 3. The number of nitriles is 1. The van der Waals surface area contributed by atoms with E-state index < -0.39 is 5.97 Å². The summed E-state index contributed by atoms with van der Waals surface area (Å²) in [6, 6.07) is 8.70. The number of carbonyl (C=O) groups excluding carboxylic acids is 1. The summed E-state index contributed by atoms with van der Waals surface area (Å²) in [5.74, 6) is -1.32. The Balaban J connectivity index is 2.84. The molecule has 0 unspecified atom stereocenters. The van der Waals surface area contributed by atoms with Crippen LogP contribution in [0.15, 0.2) is 24.3 Å². The van der Waals surface area contributed by atoms with Gasteiger partial charge in [-0.3, -0.25) is 9.59 Å². The number of carboxylic acid groups (broad SMARTS) is 1. The predicted octanol–water partition coefficient (Wildman–Crippen LogP) is 1.69. The number of hydrogen-bond donors (Lipinski definition) is 1. The summed E-state index contributed by atoms with van der Waals surface area (Å²) >= 11 is 0. The van der Waals surface area contributed by atoms with E-state index in [1.54, 1.807) is 24.3 Å². The van der Waals surface area contributed by atoms with Crippen LogP contribution < -0.4 is 0 Å². The molecule has 0 aromatic heterocycles. The maximum atomic E-state index is 12.1. The summed E-state index contributed by atoms with van der Waals surface area (Å²) < 4.78 is 0. The first-order valence-electron chi connectivity index (χ1n) is 6.05. The van der Waals surface area contributed by atoms with Gasteiger partial charge in [0.25, 0.3) is 5.91 Å². The average molecular weight is 260 g/mol. The molecule has 1 rings (SSSR count). The van der Waals surface area contributed by atoms with Crippen LogP contribution in [0.25, 0.3) is 0 Å². The zero-order valence-corrected chi connectivity index (χ0v) is 10.8. The second-order valence-corrected chi connectivity index (χ2v) is 4.15. The van der Waals surface area contributed by atoms with Crippen molar-refractivity contribution in [3.8, 4) is 6.07 Å². The monoisotopic (exact) mass is 260 g/mol. The van der Waals surface area contributed by atoms with E-state index >= 15 is 0 Å². The fourth-order valence-electron chi connectivity index (χ4n) is 1.72. The summed E-state index contributed by atoms with van der Waals surface area (Å²) in [5, 5.41) is 17.4. The molecule has 1 amide bonds. The fourth-order valence-corrected chi connectivity index (χ4v) is 1.72. The van der Waals surface area contributed by atoms with Gasteiger partial charge in [-0.25, -0.2) is 0 Å². The van der Waals surface area contributed by atoms with Crippen LogP contribution in [0.4, 0.5) is 0 Å². The molecule has 0 fully saturated rings. The van der Waals surface area contributed by atoms with E-state index in [1.807, 2.05) is 13.0 Å². The van der Waals surface area contributed by atoms with Gasteiger partial charge in [0.2, 0.25) is 0 Å². The standard InChI is InChI=1S/C14H16N2O3/c1-2-9-16(10-13(17)18)14(19)12-5-3-11(4-6-12)7-8-15/h3-6H,2,7,9-10H2,1H3,(H,17,18). The van der Waals surface area contributed by atoms with E-state index in [2.05, 4.69) is 0 Å². The van der Waals surface area contributed by atoms with Gasteiger partial charge in [0.15, 0.2) is 0 Å². The summed E-state index contributed by atoms with van der Waals surface area (Å²) in [6.07, 6.45) is 0.994. The van der Waals surface area contributed by atoms with Crippen molar-refractivity contribution in [1.29, 1.82) is 5.26 Å². The highest BCUT2D eigenvalue weighted by Gasteiger charge is 2.17. The van der Waals surface area contributed by atoms with E-state index in [0.29, 0.717) is 24.9 Å². The summed E-state index contributed by atoms with van der Waals surface area (Å²) in [6.45, 7) is 2.00. The first kappa shape index (κ1) is 14.7. The van der Waals surface area contributed by atoms with Crippen molar-refractivity contribution < 1.29 is 14.7 Å². The van der Waals surface area contributed by atoms with Gasteiger partial charge in [0.05, 0.1) is 12.5 Å². The van der Waals surface area contributed by atoms with Crippen LogP contribution in [0.1, 0.15) is 29.3 Å². The summed E-state index contributed by atoms with van der Waals surface area (Å²) in [5.41, 5.74) is 1.27. The minimum atomic E-state index is -1.03. The molecule has 1 aromatic rings. The van der Waals surface area contributed by atoms with Gasteiger partial charge in [0.1, 0.15) is 6.54 Å². The Hall–Kier alpha value is -2.35. The Kier molecular flexibility index (Phi) is 5.55. The maximum Gasteiger partial charge on any atom is 0.323 e. The topological polar surface area (TPSA) is 81.4 Å². The molecular weight excluding hydrogens is 244 g/mol. The van der Waals surface area contributed by atoms with Crippen LogP contribution >= 0.6 is 0 Å². The van der Waals surface area contributed by atoms with Crippen molar-refractivity contribution in [2.75, 3.05) is 13.1 Å². The van der Waals surface area contributed by atoms with Gasteiger partial charge in [0, 0.05) is 12.1 Å². The highest BCUT2D eigenvalue weighted by atomic mass is 16.4. The van der Waals surface area contributed by atoms with E-state index in [9.17, 15) is 9.59 Å². The van der Waals surface area contributed by atoms with Crippen LogP contribution in [-0.2, 0) is 11.2 Å². The first-order chi connectivity index (χ1) is 9.08. The van der Waals surface area contributed by atoms with Crippen LogP contribution in [0.2, 0.25) is 0 Å². The summed E-state index contributed by atoms with van der Waals surface area (Å²) in [7, 11) is 0. The number of benzene rings is 1. The normalized spacial score (nSPS) is 9.68. The second kappa shape index (κ2) is 7.17.